The summed E-state index contributed by atoms with van der Waals surface area (Å²) < 4.78 is 1.44. The second kappa shape index (κ2) is 5.55. The van der Waals surface area contributed by atoms with Gasteiger partial charge < -0.3 is 11.1 Å². The fourth-order valence-electron chi connectivity index (χ4n) is 1.19. The predicted octanol–water partition coefficient (Wildman–Crippen LogP) is -0.0648. The van der Waals surface area contributed by atoms with E-state index < -0.39 is 5.91 Å². The van der Waals surface area contributed by atoms with Crippen LogP contribution in [-0.4, -0.2) is 27.3 Å². The molecule has 0 aliphatic carbocycles. The van der Waals surface area contributed by atoms with Crippen LogP contribution < -0.4 is 11.1 Å². The van der Waals surface area contributed by atoms with E-state index in [0.29, 0.717) is 18.0 Å². The van der Waals surface area contributed by atoms with Gasteiger partial charge in [-0.3, -0.25) is 14.3 Å². The van der Waals surface area contributed by atoms with E-state index in [9.17, 15) is 9.59 Å². The average Bonchev–Trinajstić information content (AvgIpc) is 2.45. The average molecular weight is 242 g/mol. The number of hydrogen-bond acceptors (Lipinski definition) is 4. The summed E-state index contributed by atoms with van der Waals surface area (Å²) in [4.78, 5) is 22.0. The lowest BCUT2D eigenvalue weighted by molar-refractivity contribution is -0.118. The fraction of sp³-hybridized carbons (Fsp3) is 0.444. The van der Waals surface area contributed by atoms with Crippen LogP contribution in [0.25, 0.3) is 0 Å². The van der Waals surface area contributed by atoms with Gasteiger partial charge >= 0.3 is 0 Å². The summed E-state index contributed by atoms with van der Waals surface area (Å²) in [5.74, 6) is 0.274. The number of hydrogen-bond donors (Lipinski definition) is 3. The lowest BCUT2D eigenvalue weighted by atomic mass is 10.4. The molecule has 88 valence electrons. The Morgan fingerprint density at radius 1 is 1.62 bits per heavy atom. The number of rotatable bonds is 5. The molecule has 1 rings (SSSR count). The van der Waals surface area contributed by atoms with Crippen molar-refractivity contribution in [1.82, 2.24) is 9.78 Å². The van der Waals surface area contributed by atoms with Gasteiger partial charge in [-0.1, -0.05) is 0 Å². The molecule has 0 unspecified atom stereocenters. The number of nitrogens with one attached hydrogen (secondary N) is 1. The van der Waals surface area contributed by atoms with Gasteiger partial charge in [0.15, 0.2) is 5.82 Å². The molecule has 3 N–H and O–H groups in total. The van der Waals surface area contributed by atoms with E-state index in [1.54, 1.807) is 13.0 Å². The van der Waals surface area contributed by atoms with Crippen LogP contribution in [0.5, 0.6) is 0 Å². The lowest BCUT2D eigenvalue weighted by Gasteiger charge is -2.00. The van der Waals surface area contributed by atoms with Gasteiger partial charge in [0, 0.05) is 18.2 Å². The smallest absolute Gasteiger partial charge is 0.239 e. The minimum atomic E-state index is -0.473. The van der Waals surface area contributed by atoms with Crippen LogP contribution in [0.4, 0.5) is 5.82 Å². The van der Waals surface area contributed by atoms with Crippen LogP contribution >= 0.6 is 12.6 Å². The third kappa shape index (κ3) is 3.58. The quantitative estimate of drug-likeness (QED) is 0.632. The van der Waals surface area contributed by atoms with Gasteiger partial charge in [-0.15, -0.1) is 0 Å². The van der Waals surface area contributed by atoms with Gasteiger partial charge in [0.25, 0.3) is 0 Å². The molecule has 0 aliphatic rings. The van der Waals surface area contributed by atoms with Crippen molar-refractivity contribution in [2.24, 2.45) is 5.73 Å². The van der Waals surface area contributed by atoms with E-state index >= 15 is 0 Å². The molecule has 0 saturated carbocycles. The minimum absolute atomic E-state index is 0.00821. The second-order valence-electron chi connectivity index (χ2n) is 3.32. The summed E-state index contributed by atoms with van der Waals surface area (Å²) in [6, 6.07) is 1.68. The number of amides is 2. The first-order valence-electron chi connectivity index (χ1n) is 4.76. The Kier molecular flexibility index (Phi) is 4.36. The van der Waals surface area contributed by atoms with E-state index in [2.05, 4.69) is 23.0 Å². The maximum Gasteiger partial charge on any atom is 0.239 e. The van der Waals surface area contributed by atoms with E-state index in [1.807, 2.05) is 0 Å². The number of carbonyl (C=O) groups excluding carboxylic acids is 2. The Morgan fingerprint density at radius 3 is 2.88 bits per heavy atom. The number of primary amides is 1. The third-order valence-electron chi connectivity index (χ3n) is 1.89. The predicted molar refractivity (Wildman–Crippen MR) is 63.3 cm³/mol. The van der Waals surface area contributed by atoms with Crippen LogP contribution in [0, 0.1) is 6.92 Å². The van der Waals surface area contributed by atoms with Crippen LogP contribution in [0.15, 0.2) is 6.07 Å². The van der Waals surface area contributed by atoms with Gasteiger partial charge in [-0.25, -0.2) is 0 Å². The fourth-order valence-corrected chi connectivity index (χ4v) is 1.39. The van der Waals surface area contributed by atoms with Crippen molar-refractivity contribution < 1.29 is 9.59 Å². The van der Waals surface area contributed by atoms with Gasteiger partial charge in [-0.05, 0) is 12.7 Å². The molecule has 0 aliphatic heterocycles. The van der Waals surface area contributed by atoms with Gasteiger partial charge in [0.2, 0.25) is 11.8 Å². The molecule has 0 bridgehead atoms. The highest BCUT2D eigenvalue weighted by atomic mass is 32.1. The van der Waals surface area contributed by atoms with Crippen molar-refractivity contribution in [2.45, 2.75) is 19.9 Å². The molecule has 2 amide bonds. The Morgan fingerprint density at radius 2 is 2.31 bits per heavy atom. The minimum Gasteiger partial charge on any atom is -0.368 e. The summed E-state index contributed by atoms with van der Waals surface area (Å²) in [5.41, 5.74) is 5.82. The van der Waals surface area contributed by atoms with Crippen molar-refractivity contribution in [1.29, 1.82) is 0 Å². The summed E-state index contributed by atoms with van der Waals surface area (Å²) in [6.07, 6.45) is 0.324. The zero-order valence-electron chi connectivity index (χ0n) is 8.93. The van der Waals surface area contributed by atoms with E-state index in [-0.39, 0.29) is 12.5 Å². The largest absolute Gasteiger partial charge is 0.368 e. The van der Waals surface area contributed by atoms with Crippen LogP contribution in [0.3, 0.4) is 0 Å². The Labute approximate surface area is 98.6 Å². The first kappa shape index (κ1) is 12.6. The SMILES string of the molecule is Cc1cc(NC(=O)CCS)nn1CC(N)=O. The molecule has 0 aromatic carbocycles. The molecule has 1 aromatic heterocycles. The topological polar surface area (TPSA) is 90.0 Å². The van der Waals surface area contributed by atoms with Crippen molar-refractivity contribution in [3.63, 3.8) is 0 Å². The summed E-state index contributed by atoms with van der Waals surface area (Å²) in [6.45, 7) is 1.79. The molecule has 16 heavy (non-hydrogen) atoms. The van der Waals surface area contributed by atoms with Gasteiger partial charge in [-0.2, -0.15) is 17.7 Å². The standard InChI is InChI=1S/C9H14N4O2S/c1-6-4-8(11-9(15)2-3-16)12-13(6)5-7(10)14/h4,16H,2-3,5H2,1H3,(H2,10,14)(H,11,12,15). The van der Waals surface area contributed by atoms with Gasteiger partial charge in [0.05, 0.1) is 0 Å². The zero-order chi connectivity index (χ0) is 12.1. The van der Waals surface area contributed by atoms with Crippen molar-refractivity contribution in [3.8, 4) is 0 Å². The molecule has 1 aromatic rings. The highest BCUT2D eigenvalue weighted by Gasteiger charge is 2.08. The monoisotopic (exact) mass is 242 g/mol. The van der Waals surface area contributed by atoms with Gasteiger partial charge in [0.1, 0.15) is 6.54 Å². The number of nitrogens with zero attached hydrogens (tertiary/aromatic N) is 2. The maximum absolute atomic E-state index is 11.3. The third-order valence-corrected chi connectivity index (χ3v) is 2.12. The number of carbonyl (C=O) groups is 2. The number of anilines is 1. The molecule has 0 spiro atoms. The molecular weight excluding hydrogens is 228 g/mol. The van der Waals surface area contributed by atoms with E-state index in [4.69, 9.17) is 5.73 Å². The first-order valence-corrected chi connectivity index (χ1v) is 5.39. The van der Waals surface area contributed by atoms with Crippen LogP contribution in [0.1, 0.15) is 12.1 Å². The summed E-state index contributed by atoms with van der Waals surface area (Å²) in [7, 11) is 0. The summed E-state index contributed by atoms with van der Waals surface area (Å²) in [5, 5.41) is 6.64. The number of nitrogens with two attached hydrogens (primary N) is 1. The molecular formula is C9H14N4O2S. The number of aromatic nitrogens is 2. The zero-order valence-corrected chi connectivity index (χ0v) is 9.83. The van der Waals surface area contributed by atoms with Crippen molar-refractivity contribution in [3.05, 3.63) is 11.8 Å². The lowest BCUT2D eigenvalue weighted by Crippen LogP contribution is -2.20. The Hall–Kier alpha value is -1.50. The Bertz CT molecular complexity index is 402. The number of thiol groups is 1. The molecule has 6 nitrogen and oxygen atoms in total. The van der Waals surface area contributed by atoms with E-state index in [0.717, 1.165) is 5.69 Å². The summed E-state index contributed by atoms with van der Waals surface area (Å²) >= 11 is 3.95. The number of aryl methyl sites for hydroxylation is 1. The molecule has 0 fully saturated rings. The highest BCUT2D eigenvalue weighted by Crippen LogP contribution is 2.08. The molecule has 1 heterocycles. The molecule has 7 heteroatoms. The maximum atomic E-state index is 11.3. The van der Waals surface area contributed by atoms with Crippen LogP contribution in [0.2, 0.25) is 0 Å². The Balaban J connectivity index is 2.69. The molecule has 0 atom stereocenters. The van der Waals surface area contributed by atoms with Crippen molar-refractivity contribution in [2.75, 3.05) is 11.1 Å². The second-order valence-corrected chi connectivity index (χ2v) is 3.76. The van der Waals surface area contributed by atoms with E-state index in [1.165, 1.54) is 4.68 Å². The molecule has 0 saturated heterocycles. The normalized spacial score (nSPS) is 10.1. The first-order chi connectivity index (χ1) is 7.52. The highest BCUT2D eigenvalue weighted by molar-refractivity contribution is 7.80. The molecule has 0 radical (unpaired) electrons. The van der Waals surface area contributed by atoms with Crippen LogP contribution in [-0.2, 0) is 16.1 Å². The van der Waals surface area contributed by atoms with Crippen molar-refractivity contribution >= 4 is 30.3 Å².